The number of hydrogen-bond acceptors (Lipinski definition) is 3. The molecule has 5 heteroatoms. The minimum absolute atomic E-state index is 0.00182. The zero-order chi connectivity index (χ0) is 9.56. The van der Waals surface area contributed by atoms with Gasteiger partial charge in [-0.15, -0.1) is 0 Å². The van der Waals surface area contributed by atoms with Crippen molar-refractivity contribution in [1.82, 2.24) is 0 Å². The summed E-state index contributed by atoms with van der Waals surface area (Å²) in [4.78, 5) is 10.7. The van der Waals surface area contributed by atoms with Gasteiger partial charge in [-0.05, 0) is 0 Å². The Morgan fingerprint density at radius 1 is 1.67 bits per heavy atom. The van der Waals surface area contributed by atoms with Gasteiger partial charge in [0.1, 0.15) is 6.67 Å². The highest BCUT2D eigenvalue weighted by Crippen LogP contribution is 2.02. The number of hydrogen-bond donors (Lipinski definition) is 0. The minimum atomic E-state index is -1.26. The number of carbonyl (C=O) groups is 1. The number of esters is 1. The van der Waals surface area contributed by atoms with Crippen LogP contribution >= 0.6 is 0 Å². The zero-order valence-electron chi connectivity index (χ0n) is 7.21. The SMILES string of the molecule is COC(=O)CC(C)S(=O)CCF. The topological polar surface area (TPSA) is 43.4 Å². The summed E-state index contributed by atoms with van der Waals surface area (Å²) >= 11 is 0. The number of methoxy groups -OCH3 is 1. The van der Waals surface area contributed by atoms with E-state index >= 15 is 0 Å². The fourth-order valence-electron chi connectivity index (χ4n) is 0.688. The van der Waals surface area contributed by atoms with Gasteiger partial charge in [-0.1, -0.05) is 6.92 Å². The Morgan fingerprint density at radius 2 is 2.25 bits per heavy atom. The molecule has 0 fully saturated rings. The maximum Gasteiger partial charge on any atom is 0.306 e. The number of carbonyl (C=O) groups excluding carboxylic acids is 1. The smallest absolute Gasteiger partial charge is 0.306 e. The lowest BCUT2D eigenvalue weighted by Gasteiger charge is -2.07. The largest absolute Gasteiger partial charge is 0.469 e. The summed E-state index contributed by atoms with van der Waals surface area (Å²) in [6, 6.07) is 0. The molecule has 0 saturated carbocycles. The molecule has 0 N–H and O–H groups in total. The molecule has 0 aliphatic carbocycles. The summed E-state index contributed by atoms with van der Waals surface area (Å²) in [5.41, 5.74) is 0. The van der Waals surface area contributed by atoms with Crippen molar-refractivity contribution < 1.29 is 18.1 Å². The summed E-state index contributed by atoms with van der Waals surface area (Å²) in [5, 5.41) is -0.326. The second kappa shape index (κ2) is 6.11. The maximum atomic E-state index is 11.7. The van der Waals surface area contributed by atoms with Crippen molar-refractivity contribution >= 4 is 16.8 Å². The van der Waals surface area contributed by atoms with E-state index in [1.54, 1.807) is 6.92 Å². The van der Waals surface area contributed by atoms with Gasteiger partial charge < -0.3 is 4.74 Å². The van der Waals surface area contributed by atoms with E-state index in [9.17, 15) is 13.4 Å². The number of halogens is 1. The molecule has 72 valence electrons. The van der Waals surface area contributed by atoms with Crippen LogP contribution in [0.15, 0.2) is 0 Å². The maximum absolute atomic E-state index is 11.7. The van der Waals surface area contributed by atoms with Crippen molar-refractivity contribution in [3.05, 3.63) is 0 Å². The lowest BCUT2D eigenvalue weighted by Crippen LogP contribution is -2.19. The molecule has 12 heavy (non-hydrogen) atoms. The average Bonchev–Trinajstić information content (AvgIpc) is 2.04. The Labute approximate surface area is 73.7 Å². The first-order chi connectivity index (χ1) is 5.61. The molecule has 0 heterocycles. The van der Waals surface area contributed by atoms with E-state index in [0.29, 0.717) is 0 Å². The highest BCUT2D eigenvalue weighted by Gasteiger charge is 2.15. The van der Waals surface area contributed by atoms with Gasteiger partial charge in [-0.2, -0.15) is 0 Å². The molecule has 0 aliphatic heterocycles. The summed E-state index contributed by atoms with van der Waals surface area (Å²) in [6.07, 6.45) is 0.0864. The Bertz CT molecular complexity index is 172. The third-order valence-corrected chi connectivity index (χ3v) is 3.03. The van der Waals surface area contributed by atoms with Gasteiger partial charge >= 0.3 is 5.97 Å². The van der Waals surface area contributed by atoms with E-state index in [1.807, 2.05) is 0 Å². The van der Waals surface area contributed by atoms with E-state index in [2.05, 4.69) is 4.74 Å². The van der Waals surface area contributed by atoms with Crippen LogP contribution in [0.3, 0.4) is 0 Å². The highest BCUT2D eigenvalue weighted by molar-refractivity contribution is 7.85. The van der Waals surface area contributed by atoms with Crippen LogP contribution in [0, 0.1) is 0 Å². The van der Waals surface area contributed by atoms with Crippen LogP contribution in [0.25, 0.3) is 0 Å². The second-order valence-corrected chi connectivity index (χ2v) is 4.34. The third kappa shape index (κ3) is 4.43. The molecule has 2 atom stereocenters. The first-order valence-corrected chi connectivity index (χ1v) is 5.00. The molecule has 0 radical (unpaired) electrons. The highest BCUT2D eigenvalue weighted by atomic mass is 32.2. The lowest BCUT2D eigenvalue weighted by molar-refractivity contribution is -0.140. The Hall–Kier alpha value is -0.450. The lowest BCUT2D eigenvalue weighted by atomic mass is 10.3. The molecule has 3 nitrogen and oxygen atoms in total. The summed E-state index contributed by atoms with van der Waals surface area (Å²) in [7, 11) is 0.00815. The number of rotatable bonds is 5. The minimum Gasteiger partial charge on any atom is -0.469 e. The van der Waals surface area contributed by atoms with Crippen LogP contribution in [0.4, 0.5) is 4.39 Å². The van der Waals surface area contributed by atoms with Gasteiger partial charge in [0.15, 0.2) is 0 Å². The first kappa shape index (κ1) is 11.6. The van der Waals surface area contributed by atoms with Gasteiger partial charge in [0.2, 0.25) is 0 Å². The van der Waals surface area contributed by atoms with E-state index in [0.717, 1.165) is 0 Å². The molecule has 0 rings (SSSR count). The van der Waals surface area contributed by atoms with E-state index < -0.39 is 23.4 Å². The van der Waals surface area contributed by atoms with Crippen molar-refractivity contribution in [1.29, 1.82) is 0 Å². The van der Waals surface area contributed by atoms with Crippen molar-refractivity contribution in [2.24, 2.45) is 0 Å². The molecule has 0 aliphatic rings. The van der Waals surface area contributed by atoms with Crippen LogP contribution in [-0.2, 0) is 20.3 Å². The summed E-state index contributed by atoms with van der Waals surface area (Å²) < 4.78 is 27.2. The van der Waals surface area contributed by atoms with Crippen molar-refractivity contribution in [2.75, 3.05) is 19.5 Å². The van der Waals surface area contributed by atoms with E-state index in [-0.39, 0.29) is 17.4 Å². The van der Waals surface area contributed by atoms with Gasteiger partial charge in [0, 0.05) is 16.0 Å². The fraction of sp³-hybridized carbons (Fsp3) is 0.857. The van der Waals surface area contributed by atoms with Crippen LogP contribution in [0.5, 0.6) is 0 Å². The molecule has 0 spiro atoms. The van der Waals surface area contributed by atoms with Gasteiger partial charge in [-0.3, -0.25) is 13.4 Å². The molecule has 0 saturated heterocycles. The molecule has 0 bridgehead atoms. The predicted molar refractivity (Wildman–Crippen MR) is 45.1 cm³/mol. The number of ether oxygens (including phenoxy) is 1. The molecule has 0 amide bonds. The van der Waals surface area contributed by atoms with Crippen LogP contribution < -0.4 is 0 Å². The molecular weight excluding hydrogens is 183 g/mol. The molecule has 0 aromatic carbocycles. The van der Waals surface area contributed by atoms with Crippen LogP contribution in [0.1, 0.15) is 13.3 Å². The summed E-state index contributed by atoms with van der Waals surface area (Å²) in [6.45, 7) is 1.03. The Kier molecular flexibility index (Phi) is 5.88. The van der Waals surface area contributed by atoms with Gasteiger partial charge in [-0.25, -0.2) is 0 Å². The monoisotopic (exact) mass is 196 g/mol. The Morgan fingerprint density at radius 3 is 2.67 bits per heavy atom. The zero-order valence-corrected chi connectivity index (χ0v) is 8.03. The van der Waals surface area contributed by atoms with Crippen LogP contribution in [0.2, 0.25) is 0 Å². The van der Waals surface area contributed by atoms with Crippen molar-refractivity contribution in [3.8, 4) is 0 Å². The fourth-order valence-corrected chi connectivity index (χ4v) is 1.56. The standard InChI is InChI=1S/C7H13FO3S/c1-6(5-7(9)11-2)12(10)4-3-8/h6H,3-5H2,1-2H3. The Balaban J connectivity index is 3.78. The van der Waals surface area contributed by atoms with Crippen molar-refractivity contribution in [2.45, 2.75) is 18.6 Å². The first-order valence-electron chi connectivity index (χ1n) is 3.61. The van der Waals surface area contributed by atoms with E-state index in [1.165, 1.54) is 7.11 Å². The normalized spacial score (nSPS) is 15.2. The molecular formula is C7H13FO3S. The average molecular weight is 196 g/mol. The third-order valence-electron chi connectivity index (χ3n) is 1.41. The summed E-state index contributed by atoms with van der Waals surface area (Å²) in [5.74, 6) is -0.410. The molecule has 0 aromatic rings. The molecule has 2 unspecified atom stereocenters. The van der Waals surface area contributed by atoms with E-state index in [4.69, 9.17) is 0 Å². The van der Waals surface area contributed by atoms with Gasteiger partial charge in [0.05, 0.1) is 19.3 Å². The molecule has 0 aromatic heterocycles. The second-order valence-electron chi connectivity index (χ2n) is 2.36. The predicted octanol–water partition coefficient (Wildman–Crippen LogP) is 0.656. The van der Waals surface area contributed by atoms with Crippen molar-refractivity contribution in [3.63, 3.8) is 0 Å². The quantitative estimate of drug-likeness (QED) is 0.606. The van der Waals surface area contributed by atoms with Crippen LogP contribution in [-0.4, -0.2) is 35.0 Å². The number of alkyl halides is 1. The van der Waals surface area contributed by atoms with Gasteiger partial charge in [0.25, 0.3) is 0 Å².